The lowest BCUT2D eigenvalue weighted by Gasteiger charge is -2.40. The summed E-state index contributed by atoms with van der Waals surface area (Å²) < 4.78 is 26.4. The molecule has 2 atom stereocenters. The molecule has 4 nitrogen and oxygen atoms in total. The number of halogens is 2. The Kier molecular flexibility index (Phi) is 4.75. The van der Waals surface area contributed by atoms with Crippen LogP contribution >= 0.6 is 0 Å². The molecule has 1 fully saturated rings. The molecule has 1 saturated heterocycles. The molecule has 2 unspecified atom stereocenters. The van der Waals surface area contributed by atoms with Gasteiger partial charge >= 0.3 is 0 Å². The van der Waals surface area contributed by atoms with Gasteiger partial charge in [0.15, 0.2) is 0 Å². The molecular formula is C14H21F2N3O. The fraction of sp³-hybridized carbons (Fsp3) is 0.643. The molecule has 0 saturated carbocycles. The molecular weight excluding hydrogens is 264 g/mol. The molecule has 0 radical (unpaired) electrons. The van der Waals surface area contributed by atoms with Gasteiger partial charge in [-0.15, -0.1) is 0 Å². The molecule has 20 heavy (non-hydrogen) atoms. The minimum atomic E-state index is -2.47. The average Bonchev–Trinajstić information content (AvgIpc) is 2.84. The van der Waals surface area contributed by atoms with E-state index in [1.54, 1.807) is 17.0 Å². The molecule has 0 bridgehead atoms. The van der Waals surface area contributed by atoms with Crippen LogP contribution in [-0.2, 0) is 6.54 Å². The summed E-state index contributed by atoms with van der Waals surface area (Å²) in [4.78, 5) is 14.4. The van der Waals surface area contributed by atoms with Gasteiger partial charge in [0.05, 0.1) is 6.54 Å². The highest BCUT2D eigenvalue weighted by Gasteiger charge is 2.32. The number of amides is 1. The highest BCUT2D eigenvalue weighted by atomic mass is 19.3. The van der Waals surface area contributed by atoms with Crippen LogP contribution in [0.25, 0.3) is 0 Å². The summed E-state index contributed by atoms with van der Waals surface area (Å²) in [6.45, 7) is 1.94. The van der Waals surface area contributed by atoms with Crippen LogP contribution in [0.15, 0.2) is 18.3 Å². The number of rotatable bonds is 4. The van der Waals surface area contributed by atoms with Crippen molar-refractivity contribution >= 4 is 5.91 Å². The summed E-state index contributed by atoms with van der Waals surface area (Å²) in [6.07, 6.45) is 1.90. The van der Waals surface area contributed by atoms with Crippen molar-refractivity contribution in [1.29, 1.82) is 0 Å². The van der Waals surface area contributed by atoms with E-state index in [2.05, 4.69) is 0 Å². The normalized spacial score (nSPS) is 23.4. The third kappa shape index (κ3) is 3.00. The predicted molar refractivity (Wildman–Crippen MR) is 72.8 cm³/mol. The van der Waals surface area contributed by atoms with Gasteiger partial charge in [0, 0.05) is 24.8 Å². The molecule has 1 aromatic rings. The maximum atomic E-state index is 12.6. The maximum absolute atomic E-state index is 12.6. The molecule has 112 valence electrons. The van der Waals surface area contributed by atoms with Gasteiger partial charge in [-0.1, -0.05) is 0 Å². The number of hydrogen-bond acceptors (Lipinski definition) is 2. The van der Waals surface area contributed by atoms with Crippen LogP contribution in [0.1, 0.15) is 36.7 Å². The van der Waals surface area contributed by atoms with Gasteiger partial charge in [0.2, 0.25) is 0 Å². The Morgan fingerprint density at radius 1 is 1.50 bits per heavy atom. The Hall–Kier alpha value is -1.43. The first-order chi connectivity index (χ1) is 9.54. The second-order valence-corrected chi connectivity index (χ2v) is 5.32. The van der Waals surface area contributed by atoms with Crippen LogP contribution in [0.4, 0.5) is 8.78 Å². The second-order valence-electron chi connectivity index (χ2n) is 5.32. The van der Waals surface area contributed by atoms with E-state index in [0.717, 1.165) is 19.3 Å². The zero-order chi connectivity index (χ0) is 14.7. The van der Waals surface area contributed by atoms with Crippen LogP contribution in [0.5, 0.6) is 0 Å². The molecule has 2 N–H and O–H groups in total. The number of aromatic nitrogens is 1. The van der Waals surface area contributed by atoms with Crippen molar-refractivity contribution in [2.24, 2.45) is 5.73 Å². The van der Waals surface area contributed by atoms with Crippen molar-refractivity contribution < 1.29 is 13.6 Å². The van der Waals surface area contributed by atoms with Crippen molar-refractivity contribution in [1.82, 2.24) is 9.47 Å². The van der Waals surface area contributed by atoms with Gasteiger partial charge in [-0.25, -0.2) is 8.78 Å². The fourth-order valence-electron chi connectivity index (χ4n) is 2.93. The molecule has 1 aliphatic rings. The molecule has 0 aliphatic carbocycles. The topological polar surface area (TPSA) is 51.3 Å². The molecule has 0 aromatic carbocycles. The summed E-state index contributed by atoms with van der Waals surface area (Å²) in [7, 11) is 0. The Labute approximate surface area is 117 Å². The lowest BCUT2D eigenvalue weighted by Crippen LogP contribution is -2.52. The van der Waals surface area contributed by atoms with Gasteiger partial charge in [0.1, 0.15) is 5.69 Å². The molecule has 1 aliphatic heterocycles. The van der Waals surface area contributed by atoms with Gasteiger partial charge in [-0.05, 0) is 38.3 Å². The van der Waals surface area contributed by atoms with Crippen molar-refractivity contribution in [3.05, 3.63) is 24.0 Å². The standard InChI is InChI=1S/C14H21F2N3O/c1-10-4-2-5-11(8-17)19(10)14(20)12-6-3-7-18(12)9-13(15)16/h3,6-7,10-11,13H,2,4-5,8-9,17H2,1H3. The molecule has 2 rings (SSSR count). The van der Waals surface area contributed by atoms with Crippen molar-refractivity contribution in [2.75, 3.05) is 6.54 Å². The largest absolute Gasteiger partial charge is 0.338 e. The van der Waals surface area contributed by atoms with Crippen LogP contribution < -0.4 is 5.73 Å². The molecule has 6 heteroatoms. The number of nitrogens with zero attached hydrogens (tertiary/aromatic N) is 2. The SMILES string of the molecule is CC1CCCC(CN)N1C(=O)c1cccn1CC(F)F. The lowest BCUT2D eigenvalue weighted by molar-refractivity contribution is 0.0477. The quantitative estimate of drug-likeness (QED) is 0.921. The van der Waals surface area contributed by atoms with E-state index in [0.29, 0.717) is 12.2 Å². The monoisotopic (exact) mass is 285 g/mol. The molecule has 1 amide bonds. The zero-order valence-corrected chi connectivity index (χ0v) is 11.6. The first-order valence-corrected chi connectivity index (χ1v) is 7.00. The Morgan fingerprint density at radius 3 is 2.90 bits per heavy atom. The highest BCUT2D eigenvalue weighted by Crippen LogP contribution is 2.24. The summed E-state index contributed by atoms with van der Waals surface area (Å²) in [5.74, 6) is -0.196. The molecule has 1 aromatic heterocycles. The number of likely N-dealkylation sites (tertiary alicyclic amines) is 1. The maximum Gasteiger partial charge on any atom is 0.271 e. The minimum Gasteiger partial charge on any atom is -0.338 e. The third-order valence-electron chi connectivity index (χ3n) is 3.92. The number of alkyl halides is 2. The summed E-state index contributed by atoms with van der Waals surface area (Å²) in [6, 6.07) is 3.32. The number of hydrogen-bond donors (Lipinski definition) is 1. The van der Waals surface area contributed by atoms with Crippen LogP contribution in [0, 0.1) is 0 Å². The van der Waals surface area contributed by atoms with E-state index in [1.165, 1.54) is 10.8 Å². The highest BCUT2D eigenvalue weighted by molar-refractivity contribution is 5.93. The van der Waals surface area contributed by atoms with E-state index in [4.69, 9.17) is 5.73 Å². The smallest absolute Gasteiger partial charge is 0.271 e. The number of piperidine rings is 1. The van der Waals surface area contributed by atoms with E-state index < -0.39 is 13.0 Å². The lowest BCUT2D eigenvalue weighted by atomic mass is 9.96. The zero-order valence-electron chi connectivity index (χ0n) is 11.6. The number of carbonyl (C=O) groups excluding carboxylic acids is 1. The van der Waals surface area contributed by atoms with Crippen LogP contribution in [0.2, 0.25) is 0 Å². The first-order valence-electron chi connectivity index (χ1n) is 7.00. The van der Waals surface area contributed by atoms with Gasteiger partial charge < -0.3 is 15.2 Å². The van der Waals surface area contributed by atoms with Gasteiger partial charge in [-0.2, -0.15) is 0 Å². The van der Waals surface area contributed by atoms with E-state index in [9.17, 15) is 13.6 Å². The molecule has 0 spiro atoms. The minimum absolute atomic E-state index is 0.00106. The van der Waals surface area contributed by atoms with Crippen molar-refractivity contribution in [2.45, 2.75) is 51.2 Å². The summed E-state index contributed by atoms with van der Waals surface area (Å²) >= 11 is 0. The Bertz CT molecular complexity index is 461. The Balaban J connectivity index is 2.23. The fourth-order valence-corrected chi connectivity index (χ4v) is 2.93. The summed E-state index contributed by atoms with van der Waals surface area (Å²) in [5.41, 5.74) is 6.06. The average molecular weight is 285 g/mol. The predicted octanol–water partition coefficient (Wildman–Crippen LogP) is 2.10. The van der Waals surface area contributed by atoms with E-state index in [1.807, 2.05) is 6.92 Å². The Morgan fingerprint density at radius 2 is 2.25 bits per heavy atom. The van der Waals surface area contributed by atoms with E-state index >= 15 is 0 Å². The second kappa shape index (κ2) is 6.35. The first kappa shape index (κ1) is 15.0. The third-order valence-corrected chi connectivity index (χ3v) is 3.92. The van der Waals surface area contributed by atoms with Crippen molar-refractivity contribution in [3.8, 4) is 0 Å². The van der Waals surface area contributed by atoms with Crippen LogP contribution in [-0.4, -0.2) is 40.4 Å². The summed E-state index contributed by atoms with van der Waals surface area (Å²) in [5, 5.41) is 0. The van der Waals surface area contributed by atoms with Gasteiger partial charge in [0.25, 0.3) is 12.3 Å². The number of nitrogens with two attached hydrogens (primary N) is 1. The molecule has 2 heterocycles. The number of carbonyl (C=O) groups is 1. The van der Waals surface area contributed by atoms with Crippen LogP contribution in [0.3, 0.4) is 0 Å². The van der Waals surface area contributed by atoms with Crippen molar-refractivity contribution in [3.63, 3.8) is 0 Å². The van der Waals surface area contributed by atoms with Gasteiger partial charge in [-0.3, -0.25) is 4.79 Å². The van der Waals surface area contributed by atoms with E-state index in [-0.39, 0.29) is 18.0 Å².